The molecule has 1 aromatic rings. The molecular weight excluding hydrogens is 402 g/mol. The van der Waals surface area contributed by atoms with Crippen LogP contribution in [0, 0.1) is 0 Å². The fraction of sp³-hybridized carbons (Fsp3) is 0.550. The van der Waals surface area contributed by atoms with Crippen molar-refractivity contribution in [1.82, 2.24) is 5.32 Å². The molecule has 1 N–H and O–H groups in total. The van der Waals surface area contributed by atoms with Crippen LogP contribution in [0.2, 0.25) is 0 Å². The SMILES string of the molecule is CCOC(=O)C(CC[C@@H](CCl)OCOC)(NC(=O)c1ccccc1)C(=O)OCC. The molecule has 0 aliphatic carbocycles. The Kier molecular flexibility index (Phi) is 11.3. The summed E-state index contributed by atoms with van der Waals surface area (Å²) < 4.78 is 20.5. The Morgan fingerprint density at radius 3 is 2.14 bits per heavy atom. The molecule has 0 saturated heterocycles. The highest BCUT2D eigenvalue weighted by Gasteiger charge is 2.50. The largest absolute Gasteiger partial charge is 0.464 e. The molecule has 0 aliphatic rings. The molecule has 1 atom stereocenters. The van der Waals surface area contributed by atoms with Crippen LogP contribution in [0.5, 0.6) is 0 Å². The minimum atomic E-state index is -2.03. The van der Waals surface area contributed by atoms with E-state index in [-0.39, 0.29) is 44.3 Å². The maximum absolute atomic E-state index is 12.8. The third kappa shape index (κ3) is 7.30. The van der Waals surface area contributed by atoms with E-state index in [2.05, 4.69) is 5.32 Å². The summed E-state index contributed by atoms with van der Waals surface area (Å²) in [6.45, 7) is 3.27. The molecule has 0 fully saturated rings. The summed E-state index contributed by atoms with van der Waals surface area (Å²) >= 11 is 5.91. The second kappa shape index (κ2) is 13.1. The van der Waals surface area contributed by atoms with Gasteiger partial charge >= 0.3 is 11.9 Å². The van der Waals surface area contributed by atoms with Gasteiger partial charge in [0, 0.05) is 18.6 Å². The first kappa shape index (κ1) is 24.9. The van der Waals surface area contributed by atoms with Gasteiger partial charge in [-0.15, -0.1) is 11.6 Å². The molecule has 9 heteroatoms. The first-order chi connectivity index (χ1) is 13.9. The third-order valence-electron chi connectivity index (χ3n) is 4.05. The van der Waals surface area contributed by atoms with E-state index in [0.717, 1.165) is 0 Å². The highest BCUT2D eigenvalue weighted by atomic mass is 35.5. The smallest absolute Gasteiger partial charge is 0.343 e. The van der Waals surface area contributed by atoms with E-state index in [4.69, 9.17) is 30.5 Å². The lowest BCUT2D eigenvalue weighted by molar-refractivity contribution is -0.166. The van der Waals surface area contributed by atoms with Gasteiger partial charge in [-0.1, -0.05) is 18.2 Å². The molecule has 162 valence electrons. The van der Waals surface area contributed by atoms with E-state index in [0.29, 0.717) is 0 Å². The maximum Gasteiger partial charge on any atom is 0.343 e. The van der Waals surface area contributed by atoms with Gasteiger partial charge in [0.25, 0.3) is 5.91 Å². The molecule has 1 rings (SSSR count). The van der Waals surface area contributed by atoms with Crippen LogP contribution in [-0.2, 0) is 28.5 Å². The van der Waals surface area contributed by atoms with Gasteiger partial charge in [0.2, 0.25) is 5.54 Å². The van der Waals surface area contributed by atoms with Crippen molar-refractivity contribution >= 4 is 29.4 Å². The minimum Gasteiger partial charge on any atom is -0.464 e. The number of amides is 1. The van der Waals surface area contributed by atoms with Crippen molar-refractivity contribution in [3.8, 4) is 0 Å². The topological polar surface area (TPSA) is 100 Å². The number of halogens is 1. The monoisotopic (exact) mass is 429 g/mol. The molecule has 0 unspecified atom stereocenters. The first-order valence-corrected chi connectivity index (χ1v) is 9.87. The fourth-order valence-electron chi connectivity index (χ4n) is 2.56. The van der Waals surface area contributed by atoms with E-state index in [1.165, 1.54) is 7.11 Å². The summed E-state index contributed by atoms with van der Waals surface area (Å²) in [4.78, 5) is 38.4. The van der Waals surface area contributed by atoms with Gasteiger partial charge in [-0.05, 0) is 38.8 Å². The van der Waals surface area contributed by atoms with E-state index in [1.807, 2.05) is 0 Å². The van der Waals surface area contributed by atoms with E-state index >= 15 is 0 Å². The highest BCUT2D eigenvalue weighted by molar-refractivity contribution is 6.18. The number of esters is 2. The molecule has 0 saturated carbocycles. The second-order valence-corrected chi connectivity index (χ2v) is 6.36. The molecule has 1 aromatic carbocycles. The van der Waals surface area contributed by atoms with Crippen molar-refractivity contribution in [2.24, 2.45) is 0 Å². The van der Waals surface area contributed by atoms with Crippen LogP contribution in [0.15, 0.2) is 30.3 Å². The number of carbonyl (C=O) groups excluding carboxylic acids is 3. The quantitative estimate of drug-likeness (QED) is 0.222. The molecule has 0 bridgehead atoms. The average molecular weight is 430 g/mol. The zero-order chi connectivity index (χ0) is 21.7. The summed E-state index contributed by atoms with van der Waals surface area (Å²) in [6.07, 6.45) is -0.447. The van der Waals surface area contributed by atoms with Crippen molar-refractivity contribution < 1.29 is 33.3 Å². The number of benzene rings is 1. The van der Waals surface area contributed by atoms with E-state index < -0.39 is 29.5 Å². The Bertz CT molecular complexity index is 635. The third-order valence-corrected chi connectivity index (χ3v) is 4.39. The van der Waals surface area contributed by atoms with Crippen molar-refractivity contribution in [3.05, 3.63) is 35.9 Å². The highest BCUT2D eigenvalue weighted by Crippen LogP contribution is 2.22. The van der Waals surface area contributed by atoms with Gasteiger partial charge in [0.1, 0.15) is 6.79 Å². The van der Waals surface area contributed by atoms with Crippen LogP contribution in [0.3, 0.4) is 0 Å². The van der Waals surface area contributed by atoms with Crippen molar-refractivity contribution in [3.63, 3.8) is 0 Å². The number of rotatable bonds is 13. The van der Waals surface area contributed by atoms with Gasteiger partial charge in [-0.25, -0.2) is 9.59 Å². The van der Waals surface area contributed by atoms with Crippen LogP contribution in [0.4, 0.5) is 0 Å². The van der Waals surface area contributed by atoms with Crippen molar-refractivity contribution in [1.29, 1.82) is 0 Å². The number of hydrogen-bond acceptors (Lipinski definition) is 7. The number of methoxy groups -OCH3 is 1. The summed E-state index contributed by atoms with van der Waals surface area (Å²) in [5.41, 5.74) is -1.74. The average Bonchev–Trinajstić information content (AvgIpc) is 2.73. The molecule has 1 amide bonds. The van der Waals surface area contributed by atoms with Crippen LogP contribution < -0.4 is 5.32 Å². The lowest BCUT2D eigenvalue weighted by atomic mass is 9.91. The fourth-order valence-corrected chi connectivity index (χ4v) is 2.81. The standard InChI is InChI=1S/C20H28ClNO7/c1-4-27-18(24)20(19(25)28-5-2,12-11-16(13-21)29-14-26-3)22-17(23)15-9-7-6-8-10-15/h6-10,16H,4-5,11-14H2,1-3H3,(H,22,23)/t16-/m0/s1. The molecular formula is C20H28ClNO7. The predicted octanol–water partition coefficient (Wildman–Crippen LogP) is 2.29. The number of alkyl halides is 1. The molecule has 0 radical (unpaired) electrons. The number of ether oxygens (including phenoxy) is 4. The zero-order valence-electron chi connectivity index (χ0n) is 16.9. The second-order valence-electron chi connectivity index (χ2n) is 6.05. The molecule has 29 heavy (non-hydrogen) atoms. The van der Waals surface area contributed by atoms with Gasteiger partial charge in [-0.3, -0.25) is 4.79 Å². The Morgan fingerprint density at radius 2 is 1.66 bits per heavy atom. The van der Waals surface area contributed by atoms with Crippen molar-refractivity contribution in [2.45, 2.75) is 38.3 Å². The normalized spacial score (nSPS) is 12.1. The summed E-state index contributed by atoms with van der Waals surface area (Å²) in [7, 11) is 1.47. The number of carbonyl (C=O) groups is 3. The summed E-state index contributed by atoms with van der Waals surface area (Å²) in [6, 6.07) is 8.24. The molecule has 8 nitrogen and oxygen atoms in total. The molecule has 0 aromatic heterocycles. The van der Waals surface area contributed by atoms with Gasteiger partial charge < -0.3 is 24.3 Å². The van der Waals surface area contributed by atoms with Crippen LogP contribution in [-0.4, -0.2) is 62.5 Å². The number of nitrogens with one attached hydrogen (secondary N) is 1. The van der Waals surface area contributed by atoms with Gasteiger partial charge in [-0.2, -0.15) is 0 Å². The van der Waals surface area contributed by atoms with E-state index in [9.17, 15) is 14.4 Å². The lowest BCUT2D eigenvalue weighted by Crippen LogP contribution is -2.61. The predicted molar refractivity (Wildman–Crippen MR) is 107 cm³/mol. The van der Waals surface area contributed by atoms with Gasteiger partial charge in [0.15, 0.2) is 0 Å². The van der Waals surface area contributed by atoms with Crippen LogP contribution in [0.25, 0.3) is 0 Å². The molecule has 0 heterocycles. The van der Waals surface area contributed by atoms with Crippen LogP contribution >= 0.6 is 11.6 Å². The minimum absolute atomic E-state index is 0.000423. The Labute approximate surface area is 175 Å². The van der Waals surface area contributed by atoms with Crippen LogP contribution in [0.1, 0.15) is 37.0 Å². The van der Waals surface area contributed by atoms with E-state index in [1.54, 1.807) is 44.2 Å². The summed E-state index contributed by atoms with van der Waals surface area (Å²) in [5.74, 6) is -2.30. The van der Waals surface area contributed by atoms with Crippen molar-refractivity contribution in [2.75, 3.05) is 33.0 Å². The molecule has 0 spiro atoms. The maximum atomic E-state index is 12.8. The number of hydrogen-bond donors (Lipinski definition) is 1. The molecule has 0 aliphatic heterocycles. The Hall–Kier alpha value is -2.16. The zero-order valence-corrected chi connectivity index (χ0v) is 17.7. The Morgan fingerprint density at radius 1 is 1.07 bits per heavy atom. The summed E-state index contributed by atoms with van der Waals surface area (Å²) in [5, 5.41) is 2.53. The van der Waals surface area contributed by atoms with Gasteiger partial charge in [0.05, 0.1) is 19.3 Å². The lowest BCUT2D eigenvalue weighted by Gasteiger charge is -2.31. The Balaban J connectivity index is 3.20. The first-order valence-electron chi connectivity index (χ1n) is 9.33.